The molecule has 3 heterocycles. The molecule has 4 rings (SSSR count). The first-order valence-corrected chi connectivity index (χ1v) is 19.4. The molecular formula is C40H66N2O9. The summed E-state index contributed by atoms with van der Waals surface area (Å²) in [5, 5.41) is 32.1. The van der Waals surface area contributed by atoms with E-state index in [1.807, 2.05) is 52.8 Å². The molecule has 4 aliphatic rings. The Balaban J connectivity index is 1.45. The molecule has 10 atom stereocenters. The highest BCUT2D eigenvalue weighted by molar-refractivity contribution is 5.70. The van der Waals surface area contributed by atoms with Crippen LogP contribution in [0.4, 0.5) is 4.79 Å². The average Bonchev–Trinajstić information content (AvgIpc) is 3.88. The number of hydrogen-bond donors (Lipinski definition) is 3. The second-order valence-electron chi connectivity index (χ2n) is 16.0. The first-order valence-electron chi connectivity index (χ1n) is 19.4. The highest BCUT2D eigenvalue weighted by Gasteiger charge is 2.47. The summed E-state index contributed by atoms with van der Waals surface area (Å²) in [5.74, 6) is -0.826. The molecule has 3 fully saturated rings. The SMILES string of the molecule is CCC(O)C(C)C1OC1CC(C)(O)/C=C/C=C(\C)C1OC(=O)CC(O)CCC(C)(OC)C(OC(=O)N2CCN(C3CCCCC3)CC2)/C=C\C1C. The number of methoxy groups -OCH3 is 1. The molecule has 0 aromatic rings. The Morgan fingerprint density at radius 3 is 2.49 bits per heavy atom. The van der Waals surface area contributed by atoms with Crippen molar-refractivity contribution >= 4 is 12.1 Å². The molecule has 0 aromatic heterocycles. The van der Waals surface area contributed by atoms with E-state index in [9.17, 15) is 24.9 Å². The summed E-state index contributed by atoms with van der Waals surface area (Å²) in [6, 6.07) is 0.610. The highest BCUT2D eigenvalue weighted by atomic mass is 16.6. The summed E-state index contributed by atoms with van der Waals surface area (Å²) in [6.07, 6.45) is 13.5. The summed E-state index contributed by atoms with van der Waals surface area (Å²) in [4.78, 5) is 30.9. The van der Waals surface area contributed by atoms with Crippen LogP contribution in [0, 0.1) is 11.8 Å². The van der Waals surface area contributed by atoms with E-state index in [2.05, 4.69) is 4.90 Å². The van der Waals surface area contributed by atoms with Gasteiger partial charge < -0.3 is 39.2 Å². The predicted octanol–water partition coefficient (Wildman–Crippen LogP) is 5.31. The maximum Gasteiger partial charge on any atom is 0.410 e. The van der Waals surface area contributed by atoms with Crippen LogP contribution in [0.2, 0.25) is 0 Å². The molecule has 11 heteroatoms. The fourth-order valence-corrected chi connectivity index (χ4v) is 7.91. The lowest BCUT2D eigenvalue weighted by Gasteiger charge is -2.41. The first-order chi connectivity index (χ1) is 24.2. The number of carbonyl (C=O) groups excluding carboxylic acids is 2. The quantitative estimate of drug-likeness (QED) is 0.111. The second kappa shape index (κ2) is 18.7. The molecular weight excluding hydrogens is 652 g/mol. The van der Waals surface area contributed by atoms with Crippen LogP contribution in [-0.2, 0) is 23.7 Å². The van der Waals surface area contributed by atoms with Gasteiger partial charge in [0.25, 0.3) is 0 Å². The molecule has 51 heavy (non-hydrogen) atoms. The maximum absolute atomic E-state index is 13.6. The molecule has 3 N–H and O–H groups in total. The van der Waals surface area contributed by atoms with E-state index in [-0.39, 0.29) is 43.0 Å². The molecule has 290 valence electrons. The Bertz CT molecular complexity index is 1220. The van der Waals surface area contributed by atoms with Crippen molar-refractivity contribution in [1.82, 2.24) is 9.80 Å². The fraction of sp³-hybridized carbons (Fsp3) is 0.800. The topological polar surface area (TPSA) is 142 Å². The zero-order valence-corrected chi connectivity index (χ0v) is 32.2. The van der Waals surface area contributed by atoms with Gasteiger partial charge in [-0.05, 0) is 64.5 Å². The van der Waals surface area contributed by atoms with Crippen LogP contribution in [0.25, 0.3) is 0 Å². The monoisotopic (exact) mass is 718 g/mol. The summed E-state index contributed by atoms with van der Waals surface area (Å²) in [6.45, 7) is 14.2. The number of amides is 1. The van der Waals surface area contributed by atoms with E-state index in [0.29, 0.717) is 38.4 Å². The minimum Gasteiger partial charge on any atom is -0.457 e. The Morgan fingerprint density at radius 2 is 1.84 bits per heavy atom. The Labute approximate surface area is 306 Å². The van der Waals surface area contributed by atoms with Gasteiger partial charge in [-0.1, -0.05) is 64.3 Å². The van der Waals surface area contributed by atoms with E-state index in [1.54, 1.807) is 31.1 Å². The van der Waals surface area contributed by atoms with Gasteiger partial charge in [0.1, 0.15) is 11.7 Å². The van der Waals surface area contributed by atoms with Crippen molar-refractivity contribution in [1.29, 1.82) is 0 Å². The number of esters is 1. The molecule has 1 aliphatic carbocycles. The zero-order chi connectivity index (χ0) is 37.3. The number of allylic oxidation sites excluding steroid dienone is 2. The van der Waals surface area contributed by atoms with Gasteiger partial charge in [0.2, 0.25) is 0 Å². The number of aliphatic hydroxyl groups is 3. The van der Waals surface area contributed by atoms with Gasteiger partial charge >= 0.3 is 12.1 Å². The third kappa shape index (κ3) is 11.9. The number of piperazine rings is 1. The van der Waals surface area contributed by atoms with E-state index in [1.165, 1.54) is 32.1 Å². The Hall–Kier alpha value is -2.28. The molecule has 0 aromatic carbocycles. The molecule has 1 saturated carbocycles. The van der Waals surface area contributed by atoms with Gasteiger partial charge in [0.05, 0.1) is 36.4 Å². The van der Waals surface area contributed by atoms with Crippen molar-refractivity contribution in [3.8, 4) is 0 Å². The summed E-state index contributed by atoms with van der Waals surface area (Å²) < 4.78 is 23.9. The molecule has 1 amide bonds. The number of hydrogen-bond acceptors (Lipinski definition) is 10. The van der Waals surface area contributed by atoms with Crippen LogP contribution in [-0.4, -0.2) is 124 Å². The molecule has 2 saturated heterocycles. The van der Waals surface area contributed by atoms with Crippen molar-refractivity contribution in [3.63, 3.8) is 0 Å². The fourth-order valence-electron chi connectivity index (χ4n) is 7.91. The average molecular weight is 719 g/mol. The van der Waals surface area contributed by atoms with Crippen molar-refractivity contribution in [2.45, 2.75) is 160 Å². The Kier molecular flexibility index (Phi) is 15.2. The number of carbonyl (C=O) groups is 2. The van der Waals surface area contributed by atoms with Crippen molar-refractivity contribution in [2.24, 2.45) is 11.8 Å². The van der Waals surface area contributed by atoms with Crippen LogP contribution < -0.4 is 0 Å². The largest absolute Gasteiger partial charge is 0.457 e. The second-order valence-corrected chi connectivity index (χ2v) is 16.0. The van der Waals surface area contributed by atoms with Crippen molar-refractivity contribution < 1.29 is 43.9 Å². The Morgan fingerprint density at radius 1 is 1.16 bits per heavy atom. The van der Waals surface area contributed by atoms with Gasteiger partial charge in [-0.15, -0.1) is 0 Å². The summed E-state index contributed by atoms with van der Waals surface area (Å²) in [5.41, 5.74) is -1.33. The van der Waals surface area contributed by atoms with E-state index < -0.39 is 41.6 Å². The van der Waals surface area contributed by atoms with Crippen LogP contribution in [0.1, 0.15) is 106 Å². The third-order valence-corrected chi connectivity index (χ3v) is 11.7. The molecule has 3 aliphatic heterocycles. The standard InChI is InChI=1S/C40H66N2O9/c1-8-32(44)29(4)37-33(49-37)26-39(5,47)19-12-13-27(2)36-28(3)16-17-34(40(6,48-7)20-18-31(43)25-35(45)51-36)50-38(46)42-23-21-41(22-24-42)30-14-10-9-11-15-30/h12-13,16-17,19,28-34,36-37,43-44,47H,8-11,14-15,18,20-26H2,1-7H3/b17-16-,19-12+,27-13+. The third-order valence-electron chi connectivity index (χ3n) is 11.7. The van der Waals surface area contributed by atoms with E-state index in [0.717, 1.165) is 18.7 Å². The van der Waals surface area contributed by atoms with Crippen LogP contribution in [0.5, 0.6) is 0 Å². The van der Waals surface area contributed by atoms with Crippen LogP contribution in [0.15, 0.2) is 36.0 Å². The summed E-state index contributed by atoms with van der Waals surface area (Å²) >= 11 is 0. The van der Waals surface area contributed by atoms with Gasteiger partial charge in [0.15, 0.2) is 6.10 Å². The molecule has 0 radical (unpaired) electrons. The zero-order valence-electron chi connectivity index (χ0n) is 32.2. The maximum atomic E-state index is 13.6. The van der Waals surface area contributed by atoms with Gasteiger partial charge in [-0.3, -0.25) is 9.69 Å². The smallest absolute Gasteiger partial charge is 0.410 e. The number of epoxide rings is 1. The lowest BCUT2D eigenvalue weighted by Crippen LogP contribution is -2.54. The molecule has 11 nitrogen and oxygen atoms in total. The van der Waals surface area contributed by atoms with Crippen molar-refractivity contribution in [2.75, 3.05) is 33.3 Å². The minimum absolute atomic E-state index is 0.00248. The normalized spacial score (nSPS) is 35.2. The van der Waals surface area contributed by atoms with Gasteiger partial charge in [0, 0.05) is 57.6 Å². The molecule has 0 spiro atoms. The summed E-state index contributed by atoms with van der Waals surface area (Å²) in [7, 11) is 1.58. The predicted molar refractivity (Wildman–Crippen MR) is 196 cm³/mol. The number of cyclic esters (lactones) is 1. The lowest BCUT2D eigenvalue weighted by molar-refractivity contribution is -0.151. The van der Waals surface area contributed by atoms with Gasteiger partial charge in [-0.25, -0.2) is 4.79 Å². The molecule has 10 unspecified atom stereocenters. The number of rotatable bonds is 11. The van der Waals surface area contributed by atoms with Crippen molar-refractivity contribution in [3.05, 3.63) is 36.0 Å². The number of aliphatic hydroxyl groups excluding tert-OH is 2. The van der Waals surface area contributed by atoms with Crippen LogP contribution in [0.3, 0.4) is 0 Å². The highest BCUT2D eigenvalue weighted by Crippen LogP contribution is 2.38. The van der Waals surface area contributed by atoms with E-state index >= 15 is 0 Å². The molecule has 0 bridgehead atoms. The van der Waals surface area contributed by atoms with Gasteiger partial charge in [-0.2, -0.15) is 0 Å². The minimum atomic E-state index is -1.14. The lowest BCUT2D eigenvalue weighted by atomic mass is 9.88. The number of nitrogens with zero attached hydrogens (tertiary/aromatic N) is 2. The first kappa shape index (κ1) is 41.5. The van der Waals surface area contributed by atoms with E-state index in [4.69, 9.17) is 18.9 Å². The van der Waals surface area contributed by atoms with Crippen LogP contribution >= 0.6 is 0 Å². The number of ether oxygens (including phenoxy) is 4.